The summed E-state index contributed by atoms with van der Waals surface area (Å²) in [4.78, 5) is 39.9. The third-order valence-electron chi connectivity index (χ3n) is 4.46. The van der Waals surface area contributed by atoms with Crippen molar-refractivity contribution in [2.45, 2.75) is 6.42 Å². The molecule has 0 saturated carbocycles. The summed E-state index contributed by atoms with van der Waals surface area (Å²) in [7, 11) is 3.26. The molecule has 6 nitrogen and oxygen atoms in total. The molecule has 1 unspecified atom stereocenters. The zero-order valence-corrected chi connectivity index (χ0v) is 15.1. The lowest BCUT2D eigenvalue weighted by Gasteiger charge is -2.18. The van der Waals surface area contributed by atoms with Crippen LogP contribution >= 0.6 is 0 Å². The lowest BCUT2D eigenvalue weighted by atomic mass is 10.1. The first-order chi connectivity index (χ1) is 12.9. The lowest BCUT2D eigenvalue weighted by molar-refractivity contribution is -0.122. The van der Waals surface area contributed by atoms with E-state index >= 15 is 0 Å². The van der Waals surface area contributed by atoms with E-state index in [1.165, 1.54) is 21.9 Å². The van der Waals surface area contributed by atoms with Gasteiger partial charge in [-0.1, -0.05) is 24.3 Å². The minimum Gasteiger partial charge on any atom is -0.345 e. The molecule has 3 amide bonds. The molecule has 1 atom stereocenters. The first-order valence-electron chi connectivity index (χ1n) is 8.55. The molecule has 0 bridgehead atoms. The second-order valence-electron chi connectivity index (χ2n) is 6.59. The van der Waals surface area contributed by atoms with Crippen LogP contribution in [0.5, 0.6) is 0 Å². The van der Waals surface area contributed by atoms with Crippen molar-refractivity contribution in [3.63, 3.8) is 0 Å². The minimum atomic E-state index is -0.625. The molecule has 1 saturated heterocycles. The Balaban J connectivity index is 1.76. The van der Waals surface area contributed by atoms with Crippen LogP contribution in [0.15, 0.2) is 48.5 Å². The highest BCUT2D eigenvalue weighted by molar-refractivity contribution is 6.07. The van der Waals surface area contributed by atoms with Crippen LogP contribution in [-0.2, 0) is 9.59 Å². The Labute approximate surface area is 156 Å². The Morgan fingerprint density at radius 3 is 2.48 bits per heavy atom. The van der Waals surface area contributed by atoms with Gasteiger partial charge in [-0.05, 0) is 24.3 Å². The summed E-state index contributed by atoms with van der Waals surface area (Å²) in [5.74, 6) is -2.05. The van der Waals surface area contributed by atoms with Crippen molar-refractivity contribution in [1.82, 2.24) is 4.90 Å². The highest BCUT2D eigenvalue weighted by Crippen LogP contribution is 2.28. The van der Waals surface area contributed by atoms with Crippen molar-refractivity contribution in [3.8, 4) is 0 Å². The van der Waals surface area contributed by atoms with Gasteiger partial charge in [0.1, 0.15) is 5.82 Å². The second-order valence-corrected chi connectivity index (χ2v) is 6.59. The molecule has 7 heteroatoms. The van der Waals surface area contributed by atoms with E-state index in [0.717, 1.165) is 0 Å². The Morgan fingerprint density at radius 1 is 1.11 bits per heavy atom. The molecular formula is C20H20FN3O3. The van der Waals surface area contributed by atoms with Crippen molar-refractivity contribution < 1.29 is 18.8 Å². The number of hydrogen-bond donors (Lipinski definition) is 1. The molecule has 1 N–H and O–H groups in total. The van der Waals surface area contributed by atoms with Crippen LogP contribution in [0.2, 0.25) is 0 Å². The Morgan fingerprint density at radius 2 is 1.78 bits per heavy atom. The summed E-state index contributed by atoms with van der Waals surface area (Å²) in [6.45, 7) is 0.0927. The number of amides is 3. The molecule has 3 rings (SSSR count). The fourth-order valence-electron chi connectivity index (χ4n) is 3.04. The van der Waals surface area contributed by atoms with Gasteiger partial charge < -0.3 is 15.1 Å². The van der Waals surface area contributed by atoms with Gasteiger partial charge in [0.2, 0.25) is 11.8 Å². The van der Waals surface area contributed by atoms with E-state index in [4.69, 9.17) is 0 Å². The largest absolute Gasteiger partial charge is 0.345 e. The molecule has 2 aromatic carbocycles. The topological polar surface area (TPSA) is 69.7 Å². The normalized spacial score (nSPS) is 16.3. The highest BCUT2D eigenvalue weighted by atomic mass is 19.1. The summed E-state index contributed by atoms with van der Waals surface area (Å²) in [5, 5.41) is 2.74. The third-order valence-corrected chi connectivity index (χ3v) is 4.46. The van der Waals surface area contributed by atoms with E-state index < -0.39 is 11.7 Å². The number of rotatable bonds is 4. The van der Waals surface area contributed by atoms with E-state index in [1.54, 1.807) is 50.5 Å². The maximum absolute atomic E-state index is 14.0. The van der Waals surface area contributed by atoms with Gasteiger partial charge in [-0.2, -0.15) is 0 Å². The summed E-state index contributed by atoms with van der Waals surface area (Å²) in [5.41, 5.74) is 0.921. The van der Waals surface area contributed by atoms with Crippen LogP contribution in [0, 0.1) is 11.7 Å². The lowest BCUT2D eigenvalue weighted by Crippen LogP contribution is -2.29. The molecule has 0 aromatic heterocycles. The van der Waals surface area contributed by atoms with Crippen LogP contribution in [0.1, 0.15) is 16.8 Å². The zero-order chi connectivity index (χ0) is 19.6. The first-order valence-corrected chi connectivity index (χ1v) is 8.55. The molecule has 1 heterocycles. The molecule has 1 aliphatic rings. The standard InChI is InChI=1S/C20H20FN3O3/c1-23(2)20(27)14-7-3-5-9-16(14)22-19(26)13-11-18(25)24(12-13)17-10-6-4-8-15(17)21/h3-10,13H,11-12H2,1-2H3,(H,22,26). The fraction of sp³-hybridized carbons (Fsp3) is 0.250. The van der Waals surface area contributed by atoms with Crippen LogP contribution in [0.4, 0.5) is 15.8 Å². The second kappa shape index (κ2) is 7.57. The van der Waals surface area contributed by atoms with Gasteiger partial charge in [-0.15, -0.1) is 0 Å². The quantitative estimate of drug-likeness (QED) is 0.900. The summed E-state index contributed by atoms with van der Waals surface area (Å²) in [6.07, 6.45) is -0.00996. The van der Waals surface area contributed by atoms with Crippen molar-refractivity contribution in [2.24, 2.45) is 5.92 Å². The predicted octanol–water partition coefficient (Wildman–Crippen LogP) is 2.52. The monoisotopic (exact) mass is 369 g/mol. The molecule has 0 spiro atoms. The van der Waals surface area contributed by atoms with Gasteiger partial charge in [0.05, 0.1) is 22.9 Å². The average molecular weight is 369 g/mol. The molecule has 1 aliphatic heterocycles. The number of nitrogens with one attached hydrogen (secondary N) is 1. The number of para-hydroxylation sites is 2. The zero-order valence-electron chi connectivity index (χ0n) is 15.1. The number of carbonyl (C=O) groups is 3. The summed E-state index contributed by atoms with van der Waals surface area (Å²) < 4.78 is 14.0. The summed E-state index contributed by atoms with van der Waals surface area (Å²) in [6, 6.07) is 12.7. The van der Waals surface area contributed by atoms with Gasteiger partial charge in [0.15, 0.2) is 0 Å². The first kappa shape index (κ1) is 18.6. The van der Waals surface area contributed by atoms with Gasteiger partial charge in [0, 0.05) is 27.1 Å². The molecule has 0 aliphatic carbocycles. The van der Waals surface area contributed by atoms with Crippen molar-refractivity contribution in [1.29, 1.82) is 0 Å². The fourth-order valence-corrected chi connectivity index (χ4v) is 3.04. The van der Waals surface area contributed by atoms with E-state index in [9.17, 15) is 18.8 Å². The molecular weight excluding hydrogens is 349 g/mol. The van der Waals surface area contributed by atoms with Crippen molar-refractivity contribution >= 4 is 29.1 Å². The molecule has 0 radical (unpaired) electrons. The Bertz CT molecular complexity index is 898. The summed E-state index contributed by atoms with van der Waals surface area (Å²) >= 11 is 0. The number of nitrogens with zero attached hydrogens (tertiary/aromatic N) is 2. The van der Waals surface area contributed by atoms with Crippen LogP contribution < -0.4 is 10.2 Å². The number of halogens is 1. The number of benzene rings is 2. The highest BCUT2D eigenvalue weighted by Gasteiger charge is 2.36. The maximum Gasteiger partial charge on any atom is 0.255 e. The Hall–Kier alpha value is -3.22. The molecule has 27 heavy (non-hydrogen) atoms. The van der Waals surface area contributed by atoms with Gasteiger partial charge in [-0.25, -0.2) is 4.39 Å². The van der Waals surface area contributed by atoms with Crippen LogP contribution in [0.25, 0.3) is 0 Å². The van der Waals surface area contributed by atoms with E-state index in [2.05, 4.69) is 5.32 Å². The third kappa shape index (κ3) is 3.81. The molecule has 2 aromatic rings. The van der Waals surface area contributed by atoms with E-state index in [1.807, 2.05) is 0 Å². The van der Waals surface area contributed by atoms with Crippen molar-refractivity contribution in [3.05, 3.63) is 59.9 Å². The number of hydrogen-bond acceptors (Lipinski definition) is 3. The number of carbonyl (C=O) groups excluding carboxylic acids is 3. The average Bonchev–Trinajstić information content (AvgIpc) is 3.03. The van der Waals surface area contributed by atoms with Gasteiger partial charge in [-0.3, -0.25) is 14.4 Å². The van der Waals surface area contributed by atoms with Crippen LogP contribution in [-0.4, -0.2) is 43.3 Å². The number of anilines is 2. The van der Waals surface area contributed by atoms with Crippen molar-refractivity contribution in [2.75, 3.05) is 30.9 Å². The Kier molecular flexibility index (Phi) is 5.21. The maximum atomic E-state index is 14.0. The van der Waals surface area contributed by atoms with Gasteiger partial charge >= 0.3 is 0 Å². The van der Waals surface area contributed by atoms with Crippen LogP contribution in [0.3, 0.4) is 0 Å². The molecule has 140 valence electrons. The van der Waals surface area contributed by atoms with E-state index in [-0.39, 0.29) is 36.4 Å². The SMILES string of the molecule is CN(C)C(=O)c1ccccc1NC(=O)C1CC(=O)N(c2ccccc2F)C1. The van der Waals surface area contributed by atoms with Gasteiger partial charge in [0.25, 0.3) is 5.91 Å². The minimum absolute atomic E-state index is 0.00996. The van der Waals surface area contributed by atoms with E-state index in [0.29, 0.717) is 11.3 Å². The molecule has 1 fully saturated rings. The predicted molar refractivity (Wildman–Crippen MR) is 99.9 cm³/mol. The smallest absolute Gasteiger partial charge is 0.255 e.